The maximum Gasteiger partial charge on any atom is 0.265 e. The van der Waals surface area contributed by atoms with Gasteiger partial charge in [-0.05, 0) is 78.9 Å². The quantitative estimate of drug-likeness (QED) is 0.602. The lowest BCUT2D eigenvalue weighted by atomic mass is 10.1. The van der Waals surface area contributed by atoms with E-state index in [-0.39, 0.29) is 11.7 Å². The summed E-state index contributed by atoms with van der Waals surface area (Å²) >= 11 is 2.19. The Bertz CT molecular complexity index is 683. The molecule has 0 radical (unpaired) electrons. The van der Waals surface area contributed by atoms with Crippen LogP contribution in [0, 0.1) is 3.57 Å². The molecule has 4 nitrogen and oxygen atoms in total. The topological polar surface area (TPSA) is 55.4 Å². The number of carbonyl (C=O) groups excluding carboxylic acids is 2. The first-order valence-electron chi connectivity index (χ1n) is 6.80. The minimum absolute atomic E-state index is 0.00368. The van der Waals surface area contributed by atoms with Crippen LogP contribution in [0.2, 0.25) is 0 Å². The molecule has 5 heteroatoms. The number of amides is 1. The van der Waals surface area contributed by atoms with Gasteiger partial charge in [0, 0.05) is 14.8 Å². The normalized spacial score (nSPS) is 11.6. The van der Waals surface area contributed by atoms with E-state index in [1.165, 1.54) is 6.92 Å². The van der Waals surface area contributed by atoms with Gasteiger partial charge in [-0.1, -0.05) is 6.07 Å². The highest BCUT2D eigenvalue weighted by Gasteiger charge is 2.15. The third kappa shape index (κ3) is 4.56. The fourth-order valence-corrected chi connectivity index (χ4v) is 2.38. The Hall–Kier alpha value is -1.89. The molecule has 0 aliphatic carbocycles. The molecule has 0 aliphatic rings. The third-order valence-electron chi connectivity index (χ3n) is 3.04. The summed E-state index contributed by atoms with van der Waals surface area (Å²) in [4.78, 5) is 23.3. The number of rotatable bonds is 5. The highest BCUT2D eigenvalue weighted by atomic mass is 127. The first-order valence-corrected chi connectivity index (χ1v) is 7.87. The molecule has 0 fully saturated rings. The van der Waals surface area contributed by atoms with E-state index in [4.69, 9.17) is 4.74 Å². The van der Waals surface area contributed by atoms with E-state index in [1.54, 1.807) is 31.2 Å². The number of anilines is 1. The molecule has 0 aromatic heterocycles. The molecule has 2 aromatic carbocycles. The van der Waals surface area contributed by atoms with Crippen LogP contribution in [0.3, 0.4) is 0 Å². The second kappa shape index (κ2) is 7.40. The van der Waals surface area contributed by atoms with Crippen molar-refractivity contribution in [2.45, 2.75) is 20.0 Å². The van der Waals surface area contributed by atoms with Crippen molar-refractivity contribution in [1.82, 2.24) is 0 Å². The van der Waals surface area contributed by atoms with Gasteiger partial charge in [-0.2, -0.15) is 0 Å². The lowest BCUT2D eigenvalue weighted by Crippen LogP contribution is -2.30. The first-order chi connectivity index (χ1) is 10.5. The molecule has 0 aliphatic heterocycles. The Morgan fingerprint density at radius 2 is 1.82 bits per heavy atom. The average Bonchev–Trinajstić information content (AvgIpc) is 2.47. The molecule has 1 N–H and O–H groups in total. The number of Topliss-reactive ketones (excluding diaryl/α,β-unsaturated/α-hetero) is 1. The van der Waals surface area contributed by atoms with Gasteiger partial charge in [0.05, 0.1) is 0 Å². The smallest absolute Gasteiger partial charge is 0.265 e. The zero-order valence-corrected chi connectivity index (χ0v) is 14.5. The van der Waals surface area contributed by atoms with Gasteiger partial charge in [0.25, 0.3) is 5.91 Å². The highest BCUT2D eigenvalue weighted by molar-refractivity contribution is 14.1. The SMILES string of the molecule is CC(=O)c1ccc(O[C@@H](C)C(=O)Nc2cccc(I)c2)cc1. The summed E-state index contributed by atoms with van der Waals surface area (Å²) < 4.78 is 6.63. The maximum atomic E-state index is 12.1. The molecule has 0 saturated carbocycles. The van der Waals surface area contributed by atoms with E-state index >= 15 is 0 Å². The van der Waals surface area contributed by atoms with Crippen LogP contribution in [0.15, 0.2) is 48.5 Å². The van der Waals surface area contributed by atoms with Crippen LogP contribution in [-0.4, -0.2) is 17.8 Å². The molecular formula is C17H16INO3. The van der Waals surface area contributed by atoms with Crippen LogP contribution in [0.4, 0.5) is 5.69 Å². The lowest BCUT2D eigenvalue weighted by Gasteiger charge is -2.15. The van der Waals surface area contributed by atoms with Crippen LogP contribution >= 0.6 is 22.6 Å². The van der Waals surface area contributed by atoms with Gasteiger partial charge >= 0.3 is 0 Å². The van der Waals surface area contributed by atoms with Crippen LogP contribution in [0.5, 0.6) is 5.75 Å². The number of ether oxygens (including phenoxy) is 1. The Morgan fingerprint density at radius 1 is 1.14 bits per heavy atom. The van der Waals surface area contributed by atoms with Crippen molar-refractivity contribution < 1.29 is 14.3 Å². The Balaban J connectivity index is 1.97. The van der Waals surface area contributed by atoms with Crippen molar-refractivity contribution >= 4 is 40.0 Å². The summed E-state index contributed by atoms with van der Waals surface area (Å²) in [6.45, 7) is 3.19. The molecule has 2 rings (SSSR count). The van der Waals surface area contributed by atoms with E-state index in [2.05, 4.69) is 27.9 Å². The van der Waals surface area contributed by atoms with Crippen molar-refractivity contribution in [3.63, 3.8) is 0 Å². The second-order valence-corrected chi connectivity index (χ2v) is 6.09. The lowest BCUT2D eigenvalue weighted by molar-refractivity contribution is -0.122. The van der Waals surface area contributed by atoms with Crippen molar-refractivity contribution in [1.29, 1.82) is 0 Å². The fourth-order valence-electron chi connectivity index (χ4n) is 1.84. The average molecular weight is 409 g/mol. The molecule has 1 amide bonds. The van der Waals surface area contributed by atoms with Crippen molar-refractivity contribution in [2.75, 3.05) is 5.32 Å². The Labute approximate surface area is 143 Å². The highest BCUT2D eigenvalue weighted by Crippen LogP contribution is 2.16. The molecule has 114 valence electrons. The van der Waals surface area contributed by atoms with Gasteiger partial charge < -0.3 is 10.1 Å². The molecule has 0 saturated heterocycles. The molecule has 0 bridgehead atoms. The minimum Gasteiger partial charge on any atom is -0.481 e. The van der Waals surface area contributed by atoms with E-state index in [0.717, 1.165) is 9.26 Å². The van der Waals surface area contributed by atoms with Crippen molar-refractivity contribution in [3.8, 4) is 5.75 Å². The fraction of sp³-hybridized carbons (Fsp3) is 0.176. The van der Waals surface area contributed by atoms with Crippen LogP contribution in [0.25, 0.3) is 0 Å². The molecule has 1 atom stereocenters. The summed E-state index contributed by atoms with van der Waals surface area (Å²) in [7, 11) is 0. The molecule has 22 heavy (non-hydrogen) atoms. The number of nitrogens with one attached hydrogen (secondary N) is 1. The number of hydrogen-bond acceptors (Lipinski definition) is 3. The predicted octanol–water partition coefficient (Wildman–Crippen LogP) is 3.90. The number of benzene rings is 2. The zero-order chi connectivity index (χ0) is 16.1. The van der Waals surface area contributed by atoms with E-state index in [1.807, 2.05) is 24.3 Å². The molecule has 2 aromatic rings. The van der Waals surface area contributed by atoms with E-state index in [9.17, 15) is 9.59 Å². The van der Waals surface area contributed by atoms with Crippen LogP contribution < -0.4 is 10.1 Å². The maximum absolute atomic E-state index is 12.1. The Kier molecular flexibility index (Phi) is 5.54. The van der Waals surface area contributed by atoms with E-state index < -0.39 is 6.10 Å². The van der Waals surface area contributed by atoms with Gasteiger partial charge in [-0.15, -0.1) is 0 Å². The van der Waals surface area contributed by atoms with Crippen LogP contribution in [0.1, 0.15) is 24.2 Å². The van der Waals surface area contributed by atoms with Gasteiger partial charge in [-0.3, -0.25) is 9.59 Å². The largest absolute Gasteiger partial charge is 0.481 e. The first kappa shape index (κ1) is 16.5. The predicted molar refractivity (Wildman–Crippen MR) is 94.3 cm³/mol. The standard InChI is InChI=1S/C17H16INO3/c1-11(20)13-6-8-16(9-7-13)22-12(2)17(21)19-15-5-3-4-14(18)10-15/h3-10,12H,1-2H3,(H,19,21)/t12-/m0/s1. The monoisotopic (exact) mass is 409 g/mol. The summed E-state index contributed by atoms with van der Waals surface area (Å²) in [5.74, 6) is 0.323. The summed E-state index contributed by atoms with van der Waals surface area (Å²) in [6, 6.07) is 14.3. The number of hydrogen-bond donors (Lipinski definition) is 1. The van der Waals surface area contributed by atoms with Crippen molar-refractivity contribution in [3.05, 3.63) is 57.7 Å². The van der Waals surface area contributed by atoms with Gasteiger partial charge in [-0.25, -0.2) is 0 Å². The van der Waals surface area contributed by atoms with Crippen molar-refractivity contribution in [2.24, 2.45) is 0 Å². The molecule has 0 spiro atoms. The third-order valence-corrected chi connectivity index (χ3v) is 3.71. The zero-order valence-electron chi connectivity index (χ0n) is 12.3. The Morgan fingerprint density at radius 3 is 2.41 bits per heavy atom. The molecule has 0 heterocycles. The van der Waals surface area contributed by atoms with Crippen LogP contribution in [-0.2, 0) is 4.79 Å². The summed E-state index contributed by atoms with van der Waals surface area (Å²) in [5, 5.41) is 2.81. The van der Waals surface area contributed by atoms with Gasteiger partial charge in [0.15, 0.2) is 11.9 Å². The van der Waals surface area contributed by atoms with E-state index in [0.29, 0.717) is 11.3 Å². The molecular weight excluding hydrogens is 393 g/mol. The summed E-state index contributed by atoms with van der Waals surface area (Å²) in [6.07, 6.45) is -0.638. The summed E-state index contributed by atoms with van der Waals surface area (Å²) in [5.41, 5.74) is 1.35. The number of ketones is 1. The van der Waals surface area contributed by atoms with Gasteiger partial charge in [0.1, 0.15) is 5.75 Å². The second-order valence-electron chi connectivity index (χ2n) is 4.84. The number of halogens is 1. The number of carbonyl (C=O) groups is 2. The van der Waals surface area contributed by atoms with Gasteiger partial charge in [0.2, 0.25) is 0 Å². The minimum atomic E-state index is -0.638. The molecule has 0 unspecified atom stereocenters.